The van der Waals surface area contributed by atoms with E-state index < -0.39 is 18.0 Å². The highest BCUT2D eigenvalue weighted by molar-refractivity contribution is 6.01. The summed E-state index contributed by atoms with van der Waals surface area (Å²) < 4.78 is 13.7. The Hall–Kier alpha value is -2.89. The number of carboxylic acid groups (broad SMARTS) is 1. The van der Waals surface area contributed by atoms with Crippen molar-refractivity contribution in [2.24, 2.45) is 5.16 Å². The van der Waals surface area contributed by atoms with Crippen LogP contribution in [-0.2, 0) is 4.84 Å². The number of carboxylic acids is 1. The molecule has 1 aliphatic heterocycles. The van der Waals surface area contributed by atoms with Crippen molar-refractivity contribution in [2.75, 3.05) is 0 Å². The fourth-order valence-corrected chi connectivity index (χ4v) is 2.04. The highest BCUT2D eigenvalue weighted by atomic mass is 19.1. The molecule has 0 spiro atoms. The fourth-order valence-electron chi connectivity index (χ4n) is 2.04. The number of hydrogen-bond donors (Lipinski definition) is 2. The van der Waals surface area contributed by atoms with Crippen molar-refractivity contribution in [3.8, 4) is 0 Å². The molecule has 5 nitrogen and oxygen atoms in total. The summed E-state index contributed by atoms with van der Waals surface area (Å²) in [4.78, 5) is 16.1. The fraction of sp³-hybridized carbons (Fsp3) is 0.0667. The lowest BCUT2D eigenvalue weighted by molar-refractivity contribution is 0.0695. The van der Waals surface area contributed by atoms with Crippen LogP contribution in [0, 0.1) is 5.82 Å². The zero-order chi connectivity index (χ0) is 14.8. The molecule has 0 saturated carbocycles. The first-order valence-corrected chi connectivity index (χ1v) is 6.23. The highest BCUT2D eigenvalue weighted by Gasteiger charge is 2.25. The third-order valence-electron chi connectivity index (χ3n) is 3.09. The molecule has 3 rings (SSSR count). The standard InChI is InChI=1S/C15H11FN2O3/c16-12-7-2-1-6-11(12)14-17-13(18-21-14)9-4-3-5-10(8-9)15(19)20/h1-8,14H,(H,17,18)(H,19,20). The second kappa shape index (κ2) is 5.24. The molecule has 0 saturated heterocycles. The molecular formula is C15H11FN2O3. The van der Waals surface area contributed by atoms with Crippen molar-refractivity contribution >= 4 is 11.8 Å². The molecule has 106 valence electrons. The molecule has 2 aromatic carbocycles. The minimum absolute atomic E-state index is 0.145. The van der Waals surface area contributed by atoms with E-state index in [0.29, 0.717) is 17.0 Å². The minimum atomic E-state index is -1.03. The first kappa shape index (κ1) is 13.1. The quantitative estimate of drug-likeness (QED) is 0.909. The SMILES string of the molecule is O=C(O)c1cccc(C2=NOC(c3ccccc3F)N2)c1. The lowest BCUT2D eigenvalue weighted by Gasteiger charge is -2.11. The predicted octanol–water partition coefficient (Wildman–Crippen LogP) is 2.50. The number of carbonyl (C=O) groups is 1. The maximum atomic E-state index is 13.7. The first-order chi connectivity index (χ1) is 10.1. The van der Waals surface area contributed by atoms with Crippen molar-refractivity contribution < 1.29 is 19.1 Å². The minimum Gasteiger partial charge on any atom is -0.478 e. The van der Waals surface area contributed by atoms with Crippen LogP contribution >= 0.6 is 0 Å². The van der Waals surface area contributed by atoms with Gasteiger partial charge in [0.1, 0.15) is 5.82 Å². The highest BCUT2D eigenvalue weighted by Crippen LogP contribution is 2.23. The second-order valence-electron chi connectivity index (χ2n) is 4.48. The van der Waals surface area contributed by atoms with Crippen LogP contribution in [-0.4, -0.2) is 16.9 Å². The van der Waals surface area contributed by atoms with Crippen LogP contribution in [0.1, 0.15) is 27.7 Å². The number of benzene rings is 2. The van der Waals surface area contributed by atoms with Gasteiger partial charge in [-0.1, -0.05) is 35.5 Å². The van der Waals surface area contributed by atoms with Gasteiger partial charge in [0, 0.05) is 5.56 Å². The molecule has 1 unspecified atom stereocenters. The van der Waals surface area contributed by atoms with E-state index in [9.17, 15) is 9.18 Å². The molecule has 2 aromatic rings. The maximum absolute atomic E-state index is 13.7. The lowest BCUT2D eigenvalue weighted by atomic mass is 10.1. The Morgan fingerprint density at radius 3 is 2.81 bits per heavy atom. The van der Waals surface area contributed by atoms with Crippen molar-refractivity contribution in [1.82, 2.24) is 5.32 Å². The van der Waals surface area contributed by atoms with Gasteiger partial charge in [0.2, 0.25) is 6.23 Å². The summed E-state index contributed by atoms with van der Waals surface area (Å²) >= 11 is 0. The normalized spacial score (nSPS) is 16.8. The summed E-state index contributed by atoms with van der Waals surface area (Å²) in [5.41, 5.74) is 1.05. The van der Waals surface area contributed by atoms with Crippen LogP contribution in [0.3, 0.4) is 0 Å². The van der Waals surface area contributed by atoms with E-state index in [1.165, 1.54) is 18.2 Å². The van der Waals surface area contributed by atoms with Crippen LogP contribution in [0.15, 0.2) is 53.7 Å². The Morgan fingerprint density at radius 1 is 1.24 bits per heavy atom. The Kier molecular flexibility index (Phi) is 3.27. The summed E-state index contributed by atoms with van der Waals surface area (Å²) in [6.07, 6.45) is -0.727. The number of hydrogen-bond acceptors (Lipinski definition) is 4. The molecule has 0 aromatic heterocycles. The van der Waals surface area contributed by atoms with E-state index in [-0.39, 0.29) is 5.56 Å². The number of rotatable bonds is 3. The van der Waals surface area contributed by atoms with Gasteiger partial charge in [-0.15, -0.1) is 0 Å². The van der Waals surface area contributed by atoms with E-state index in [1.807, 2.05) is 0 Å². The average Bonchev–Trinajstić information content (AvgIpc) is 2.97. The average molecular weight is 286 g/mol. The third kappa shape index (κ3) is 2.55. The number of halogens is 1. The second-order valence-corrected chi connectivity index (χ2v) is 4.48. The molecule has 1 heterocycles. The molecule has 1 aliphatic rings. The topological polar surface area (TPSA) is 70.9 Å². The third-order valence-corrected chi connectivity index (χ3v) is 3.09. The smallest absolute Gasteiger partial charge is 0.335 e. The number of amidine groups is 1. The molecule has 1 atom stereocenters. The molecule has 0 aliphatic carbocycles. The van der Waals surface area contributed by atoms with Gasteiger partial charge in [-0.2, -0.15) is 0 Å². The van der Waals surface area contributed by atoms with Crippen LogP contribution in [0.4, 0.5) is 4.39 Å². The van der Waals surface area contributed by atoms with Gasteiger partial charge in [-0.05, 0) is 18.2 Å². The summed E-state index contributed by atoms with van der Waals surface area (Å²) in [7, 11) is 0. The van der Waals surface area contributed by atoms with E-state index in [0.717, 1.165) is 0 Å². The Balaban J connectivity index is 1.83. The van der Waals surface area contributed by atoms with Crippen LogP contribution in [0.5, 0.6) is 0 Å². The molecule has 2 N–H and O–H groups in total. The molecule has 0 amide bonds. The summed E-state index contributed by atoms with van der Waals surface area (Å²) in [5.74, 6) is -1.06. The Morgan fingerprint density at radius 2 is 2.05 bits per heavy atom. The molecule has 0 radical (unpaired) electrons. The molecule has 0 fully saturated rings. The zero-order valence-corrected chi connectivity index (χ0v) is 10.8. The largest absolute Gasteiger partial charge is 0.478 e. The van der Waals surface area contributed by atoms with Gasteiger partial charge in [0.15, 0.2) is 5.84 Å². The molecular weight excluding hydrogens is 275 g/mol. The van der Waals surface area contributed by atoms with Crippen LogP contribution in [0.25, 0.3) is 0 Å². The Bertz CT molecular complexity index is 730. The van der Waals surface area contributed by atoms with Gasteiger partial charge < -0.3 is 15.3 Å². The van der Waals surface area contributed by atoms with Crippen molar-refractivity contribution in [2.45, 2.75) is 6.23 Å². The van der Waals surface area contributed by atoms with Gasteiger partial charge in [0.05, 0.1) is 11.1 Å². The number of nitrogens with zero attached hydrogens (tertiary/aromatic N) is 1. The number of aromatic carboxylic acids is 1. The van der Waals surface area contributed by atoms with Gasteiger partial charge >= 0.3 is 5.97 Å². The van der Waals surface area contributed by atoms with E-state index >= 15 is 0 Å². The predicted molar refractivity (Wildman–Crippen MR) is 73.3 cm³/mol. The number of nitrogens with one attached hydrogen (secondary N) is 1. The van der Waals surface area contributed by atoms with Gasteiger partial charge in [0.25, 0.3) is 0 Å². The maximum Gasteiger partial charge on any atom is 0.335 e. The van der Waals surface area contributed by atoms with E-state index in [2.05, 4.69) is 10.5 Å². The van der Waals surface area contributed by atoms with Gasteiger partial charge in [-0.3, -0.25) is 0 Å². The van der Waals surface area contributed by atoms with Crippen molar-refractivity contribution in [1.29, 1.82) is 0 Å². The summed E-state index contributed by atoms with van der Waals surface area (Å²) in [6.45, 7) is 0. The Labute approximate surface area is 119 Å². The van der Waals surface area contributed by atoms with E-state index in [4.69, 9.17) is 9.94 Å². The van der Waals surface area contributed by atoms with Crippen LogP contribution < -0.4 is 5.32 Å². The monoisotopic (exact) mass is 286 g/mol. The summed E-state index contributed by atoms with van der Waals surface area (Å²) in [6, 6.07) is 12.5. The molecule has 6 heteroatoms. The number of oxime groups is 1. The van der Waals surface area contributed by atoms with Crippen LogP contribution in [0.2, 0.25) is 0 Å². The van der Waals surface area contributed by atoms with Crippen molar-refractivity contribution in [3.05, 3.63) is 71.0 Å². The van der Waals surface area contributed by atoms with E-state index in [1.54, 1.807) is 30.3 Å². The molecule has 21 heavy (non-hydrogen) atoms. The lowest BCUT2D eigenvalue weighted by Crippen LogP contribution is -2.24. The zero-order valence-electron chi connectivity index (χ0n) is 10.8. The van der Waals surface area contributed by atoms with Crippen molar-refractivity contribution in [3.63, 3.8) is 0 Å². The summed E-state index contributed by atoms with van der Waals surface area (Å²) in [5, 5.41) is 15.8. The molecule has 0 bridgehead atoms. The van der Waals surface area contributed by atoms with Gasteiger partial charge in [-0.25, -0.2) is 9.18 Å². The first-order valence-electron chi connectivity index (χ1n) is 6.23.